The van der Waals surface area contributed by atoms with Gasteiger partial charge >= 0.3 is 0 Å². The number of rotatable bonds is 7. The first-order chi connectivity index (χ1) is 16.1. The van der Waals surface area contributed by atoms with Crippen molar-refractivity contribution < 1.29 is 19.1 Å². The number of nitrogens with zero attached hydrogens (tertiary/aromatic N) is 2. The number of halogens is 1. The number of imide groups is 1. The molecule has 170 valence electrons. The molecule has 0 aromatic heterocycles. The second kappa shape index (κ2) is 9.02. The average Bonchev–Trinajstić information content (AvgIpc) is 3.11. The smallest absolute Gasteiger partial charge is 0.254 e. The van der Waals surface area contributed by atoms with Crippen LogP contribution in [-0.2, 0) is 16.2 Å². The summed E-state index contributed by atoms with van der Waals surface area (Å²) in [7, 11) is 0. The third-order valence-electron chi connectivity index (χ3n) is 6.67. The third kappa shape index (κ3) is 4.04. The van der Waals surface area contributed by atoms with E-state index in [2.05, 4.69) is 17.3 Å². The molecule has 2 amide bonds. The van der Waals surface area contributed by atoms with E-state index in [0.717, 1.165) is 23.4 Å². The number of hydrogen-bond donors (Lipinski definition) is 0. The quantitative estimate of drug-likeness (QED) is 0.334. The van der Waals surface area contributed by atoms with Gasteiger partial charge in [-0.15, -0.1) is 0 Å². The van der Waals surface area contributed by atoms with E-state index in [1.807, 2.05) is 37.3 Å². The SMILES string of the molecule is CCOc1cc(/C=N\N2C(=O)[C@H]3[C@H](C2=O)[C@H]2C=C[C@H]3CC2)ccc1OCc1ccccc1Cl. The van der Waals surface area contributed by atoms with Crippen LogP contribution in [-0.4, -0.2) is 29.6 Å². The zero-order chi connectivity index (χ0) is 22.9. The Bertz CT molecular complexity index is 1110. The second-order valence-electron chi connectivity index (χ2n) is 8.59. The lowest BCUT2D eigenvalue weighted by molar-refractivity contribution is -0.140. The minimum atomic E-state index is -0.266. The summed E-state index contributed by atoms with van der Waals surface area (Å²) in [6, 6.07) is 12.9. The molecular formula is C26H25ClN2O4. The van der Waals surface area contributed by atoms with Crippen molar-refractivity contribution in [3.05, 3.63) is 70.8 Å². The van der Waals surface area contributed by atoms with E-state index in [-0.39, 0.29) is 35.5 Å². The first kappa shape index (κ1) is 21.7. The van der Waals surface area contributed by atoms with Crippen molar-refractivity contribution in [2.75, 3.05) is 6.61 Å². The van der Waals surface area contributed by atoms with Crippen LogP contribution in [0.1, 0.15) is 30.9 Å². The van der Waals surface area contributed by atoms with Crippen LogP contribution >= 0.6 is 11.6 Å². The Labute approximate surface area is 197 Å². The average molecular weight is 465 g/mol. The number of ether oxygens (including phenoxy) is 2. The molecule has 2 aromatic carbocycles. The van der Waals surface area contributed by atoms with Gasteiger partial charge in [-0.25, -0.2) is 0 Å². The highest BCUT2D eigenvalue weighted by Crippen LogP contribution is 2.49. The van der Waals surface area contributed by atoms with Crippen molar-refractivity contribution in [3.8, 4) is 11.5 Å². The topological polar surface area (TPSA) is 68.2 Å². The largest absolute Gasteiger partial charge is 0.490 e. The number of allylic oxidation sites excluding steroid dienone is 2. The molecule has 3 aliphatic carbocycles. The number of hydrogen-bond acceptors (Lipinski definition) is 5. The zero-order valence-electron chi connectivity index (χ0n) is 18.3. The second-order valence-corrected chi connectivity index (χ2v) is 9.00. The predicted octanol–water partition coefficient (Wildman–Crippen LogP) is 4.85. The lowest BCUT2D eigenvalue weighted by Gasteiger charge is -2.37. The molecule has 2 fully saturated rings. The molecule has 1 heterocycles. The minimum absolute atomic E-state index is 0.149. The van der Waals surface area contributed by atoms with Crippen molar-refractivity contribution in [2.24, 2.45) is 28.8 Å². The van der Waals surface area contributed by atoms with Gasteiger partial charge < -0.3 is 9.47 Å². The lowest BCUT2D eigenvalue weighted by atomic mass is 9.63. The van der Waals surface area contributed by atoms with Crippen molar-refractivity contribution in [1.82, 2.24) is 5.01 Å². The van der Waals surface area contributed by atoms with Crippen LogP contribution in [0, 0.1) is 23.7 Å². The summed E-state index contributed by atoms with van der Waals surface area (Å²) >= 11 is 6.22. The Morgan fingerprint density at radius 2 is 1.70 bits per heavy atom. The predicted molar refractivity (Wildman–Crippen MR) is 125 cm³/mol. The number of carbonyl (C=O) groups excluding carboxylic acids is 2. The maximum atomic E-state index is 12.9. The van der Waals surface area contributed by atoms with E-state index >= 15 is 0 Å². The highest BCUT2D eigenvalue weighted by Gasteiger charge is 2.56. The summed E-state index contributed by atoms with van der Waals surface area (Å²) < 4.78 is 11.7. The molecule has 0 radical (unpaired) electrons. The van der Waals surface area contributed by atoms with Crippen molar-refractivity contribution in [1.29, 1.82) is 0 Å². The summed E-state index contributed by atoms with van der Waals surface area (Å²) in [6.07, 6.45) is 7.66. The fourth-order valence-electron chi connectivity index (χ4n) is 5.06. The number of hydrazone groups is 1. The molecule has 0 N–H and O–H groups in total. The summed E-state index contributed by atoms with van der Waals surface area (Å²) in [4.78, 5) is 25.9. The molecule has 0 spiro atoms. The fourth-order valence-corrected chi connectivity index (χ4v) is 5.25. The molecule has 1 saturated carbocycles. The van der Waals surface area contributed by atoms with Gasteiger partial charge in [0.25, 0.3) is 11.8 Å². The van der Waals surface area contributed by atoms with Crippen LogP contribution in [0.4, 0.5) is 0 Å². The molecule has 4 atom stereocenters. The maximum Gasteiger partial charge on any atom is 0.254 e. The summed E-state index contributed by atoms with van der Waals surface area (Å²) in [5, 5.41) is 5.99. The molecule has 4 aliphatic rings. The highest BCUT2D eigenvalue weighted by atomic mass is 35.5. The van der Waals surface area contributed by atoms with Gasteiger partial charge in [0, 0.05) is 10.6 Å². The minimum Gasteiger partial charge on any atom is -0.490 e. The number of amides is 2. The third-order valence-corrected chi connectivity index (χ3v) is 7.04. The maximum absolute atomic E-state index is 12.9. The molecular weight excluding hydrogens is 440 g/mol. The fraction of sp³-hybridized carbons (Fsp3) is 0.346. The Kier molecular flexibility index (Phi) is 5.94. The van der Waals surface area contributed by atoms with Gasteiger partial charge in [0.15, 0.2) is 11.5 Å². The van der Waals surface area contributed by atoms with Crippen LogP contribution in [0.2, 0.25) is 5.02 Å². The molecule has 33 heavy (non-hydrogen) atoms. The van der Waals surface area contributed by atoms with Crippen LogP contribution in [0.25, 0.3) is 0 Å². The number of benzene rings is 2. The summed E-state index contributed by atoms with van der Waals surface area (Å²) in [5.41, 5.74) is 1.59. The van der Waals surface area contributed by atoms with Crippen LogP contribution in [0.5, 0.6) is 11.5 Å². The standard InChI is InChI=1S/C26H25ClN2O4/c1-2-32-22-13-16(7-12-21(22)33-15-19-5-3-4-6-20(19)27)14-28-29-25(30)23-17-8-9-18(11-10-17)24(23)26(29)31/h3-9,12-14,17-18,23-24H,2,10-11,15H2,1H3/b28-14-/t17-,18-,23+,24+/m0/s1. The molecule has 6 rings (SSSR count). The van der Waals surface area contributed by atoms with Gasteiger partial charge in [-0.05, 0) is 61.4 Å². The monoisotopic (exact) mass is 464 g/mol. The van der Waals surface area contributed by atoms with Crippen LogP contribution < -0.4 is 9.47 Å². The van der Waals surface area contributed by atoms with Crippen molar-refractivity contribution in [2.45, 2.75) is 26.4 Å². The molecule has 2 aromatic rings. The first-order valence-electron chi connectivity index (χ1n) is 11.3. The van der Waals surface area contributed by atoms with Gasteiger partial charge in [0.1, 0.15) is 6.61 Å². The van der Waals surface area contributed by atoms with E-state index in [1.165, 1.54) is 6.21 Å². The zero-order valence-corrected chi connectivity index (χ0v) is 19.1. The van der Waals surface area contributed by atoms with E-state index in [0.29, 0.717) is 35.3 Å². The Balaban J connectivity index is 1.32. The summed E-state index contributed by atoms with van der Waals surface area (Å²) in [5.74, 6) is 0.525. The van der Waals surface area contributed by atoms with E-state index in [4.69, 9.17) is 21.1 Å². The van der Waals surface area contributed by atoms with Gasteiger partial charge in [-0.1, -0.05) is 42.0 Å². The van der Waals surface area contributed by atoms with E-state index < -0.39 is 0 Å². The van der Waals surface area contributed by atoms with Crippen LogP contribution in [0.3, 0.4) is 0 Å². The van der Waals surface area contributed by atoms with E-state index in [9.17, 15) is 9.59 Å². The Morgan fingerprint density at radius 1 is 1.00 bits per heavy atom. The van der Waals surface area contributed by atoms with Crippen LogP contribution in [0.15, 0.2) is 59.7 Å². The van der Waals surface area contributed by atoms with Crippen molar-refractivity contribution in [3.63, 3.8) is 0 Å². The molecule has 6 nitrogen and oxygen atoms in total. The van der Waals surface area contributed by atoms with E-state index in [1.54, 1.807) is 12.1 Å². The van der Waals surface area contributed by atoms with Crippen molar-refractivity contribution >= 4 is 29.6 Å². The number of fused-ring (bicyclic) bond motifs is 1. The molecule has 2 bridgehead atoms. The van der Waals surface area contributed by atoms with Gasteiger partial charge in [-0.3, -0.25) is 9.59 Å². The molecule has 0 unspecified atom stereocenters. The van der Waals surface area contributed by atoms with Gasteiger partial charge in [-0.2, -0.15) is 10.1 Å². The van der Waals surface area contributed by atoms with Gasteiger partial charge in [0.2, 0.25) is 0 Å². The Hall–Kier alpha value is -3.12. The first-order valence-corrected chi connectivity index (χ1v) is 11.7. The normalized spacial score (nSPS) is 25.7. The lowest BCUT2D eigenvalue weighted by Crippen LogP contribution is -2.38. The summed E-state index contributed by atoms with van der Waals surface area (Å²) in [6.45, 7) is 2.67. The number of carbonyl (C=O) groups is 2. The Morgan fingerprint density at radius 3 is 2.33 bits per heavy atom. The molecule has 1 saturated heterocycles. The molecule has 1 aliphatic heterocycles. The molecule has 7 heteroatoms. The highest BCUT2D eigenvalue weighted by molar-refractivity contribution is 6.31. The van der Waals surface area contributed by atoms with Gasteiger partial charge in [0.05, 0.1) is 24.7 Å².